The quantitative estimate of drug-likeness (QED) is 0.628. The molecule has 0 aliphatic carbocycles. The number of benzene rings is 1. The van der Waals surface area contributed by atoms with Crippen molar-refractivity contribution in [1.29, 1.82) is 0 Å². The van der Waals surface area contributed by atoms with Crippen LogP contribution < -0.4 is 10.5 Å². The first kappa shape index (κ1) is 22.5. The van der Waals surface area contributed by atoms with Crippen LogP contribution in [0.3, 0.4) is 0 Å². The van der Waals surface area contributed by atoms with Gasteiger partial charge in [0.25, 0.3) is 0 Å². The number of fused-ring (bicyclic) bond motifs is 1. The van der Waals surface area contributed by atoms with Crippen LogP contribution in [0.4, 0.5) is 0 Å². The molecule has 3 N–H and O–H groups in total. The normalized spacial score (nSPS) is 20.6. The molecule has 0 saturated carbocycles. The molecular weight excluding hydrogens is 424 g/mol. The molecule has 9 nitrogen and oxygen atoms in total. The number of aromatic hydroxyl groups is 1. The number of amides is 1. The summed E-state index contributed by atoms with van der Waals surface area (Å²) in [7, 11) is 1.38. The second kappa shape index (κ2) is 8.93. The molecule has 1 fully saturated rings. The second-order valence-corrected chi connectivity index (χ2v) is 8.09. The molecule has 31 heavy (non-hydrogen) atoms. The lowest BCUT2D eigenvalue weighted by Gasteiger charge is -2.33. The molecule has 10 heteroatoms. The number of nitrogens with zero attached hydrogens (tertiary/aromatic N) is 1. The predicted octanol–water partition coefficient (Wildman–Crippen LogP) is 1.97. The molecule has 0 radical (unpaired) electrons. The maximum atomic E-state index is 13.1. The molecular formula is C21H24N2O7S. The molecule has 1 saturated heterocycles. The number of hydrogen-bond acceptors (Lipinski definition) is 9. The zero-order chi connectivity index (χ0) is 22.9. The third kappa shape index (κ3) is 3.83. The fourth-order valence-electron chi connectivity index (χ4n) is 3.55. The molecule has 0 spiro atoms. The summed E-state index contributed by atoms with van der Waals surface area (Å²) in [6, 6.07) is 4.45. The zero-order valence-electron chi connectivity index (χ0n) is 17.6. The van der Waals surface area contributed by atoms with Crippen molar-refractivity contribution >= 4 is 29.6 Å². The fourth-order valence-corrected chi connectivity index (χ4v) is 4.72. The number of nitrogens with two attached hydrogens (primary N) is 1. The first-order valence-electron chi connectivity index (χ1n) is 9.72. The molecule has 1 aromatic rings. The van der Waals surface area contributed by atoms with E-state index in [2.05, 4.69) is 0 Å². The van der Waals surface area contributed by atoms with Gasteiger partial charge >= 0.3 is 11.9 Å². The fraction of sp³-hybridized carbons (Fsp3) is 0.381. The van der Waals surface area contributed by atoms with Gasteiger partial charge in [0.05, 0.1) is 47.7 Å². The standard InChI is InChI=1S/C21H24N2O7S/c1-5-29-20(26)15-14(11-7-8-12(24)13(9-11)28-4)16(21(27)30-6-2)19-23(17(15)22)18(25)10(3)31-19/h7-10,14,24H,5-6,22H2,1-4H3/t10-,14+/m0/s1. The van der Waals surface area contributed by atoms with Crippen molar-refractivity contribution in [3.05, 3.63) is 45.8 Å². The van der Waals surface area contributed by atoms with Gasteiger partial charge < -0.3 is 25.1 Å². The minimum absolute atomic E-state index is 0.0514. The number of carbonyl (C=O) groups is 3. The van der Waals surface area contributed by atoms with E-state index in [1.807, 2.05) is 0 Å². The molecule has 2 aliphatic rings. The molecule has 1 amide bonds. The molecule has 0 unspecified atom stereocenters. The van der Waals surface area contributed by atoms with E-state index in [4.69, 9.17) is 19.9 Å². The lowest BCUT2D eigenvalue weighted by Crippen LogP contribution is -2.40. The Bertz CT molecular complexity index is 1000. The van der Waals surface area contributed by atoms with Gasteiger partial charge in [0, 0.05) is 0 Å². The van der Waals surface area contributed by atoms with Gasteiger partial charge in [-0.05, 0) is 38.5 Å². The van der Waals surface area contributed by atoms with Crippen molar-refractivity contribution in [2.24, 2.45) is 5.73 Å². The molecule has 1 aromatic carbocycles. The van der Waals surface area contributed by atoms with Crippen molar-refractivity contribution in [3.63, 3.8) is 0 Å². The highest BCUT2D eigenvalue weighted by Gasteiger charge is 2.49. The third-order valence-electron chi connectivity index (χ3n) is 4.91. The van der Waals surface area contributed by atoms with Crippen LogP contribution in [0.1, 0.15) is 32.3 Å². The Morgan fingerprint density at radius 3 is 2.35 bits per heavy atom. The SMILES string of the molecule is CCOC(=O)C1=C(N)N2C(=O)[C@H](C)SC2=C(C(=O)OCC)[C@@H]1c1ccc(O)c(OC)c1. The molecule has 0 aromatic heterocycles. The smallest absolute Gasteiger partial charge is 0.338 e. The predicted molar refractivity (Wildman–Crippen MR) is 113 cm³/mol. The van der Waals surface area contributed by atoms with Crippen LogP contribution in [0.25, 0.3) is 0 Å². The van der Waals surface area contributed by atoms with Crippen LogP contribution in [0.15, 0.2) is 40.2 Å². The van der Waals surface area contributed by atoms with Gasteiger partial charge in [0.1, 0.15) is 5.82 Å². The van der Waals surface area contributed by atoms with Gasteiger partial charge in [-0.15, -0.1) is 0 Å². The number of carbonyl (C=O) groups excluding carboxylic acids is 3. The van der Waals surface area contributed by atoms with Gasteiger partial charge in [0.2, 0.25) is 5.91 Å². The van der Waals surface area contributed by atoms with Crippen molar-refractivity contribution in [2.75, 3.05) is 20.3 Å². The largest absolute Gasteiger partial charge is 0.504 e. The highest BCUT2D eigenvalue weighted by atomic mass is 32.2. The molecule has 2 atom stereocenters. The van der Waals surface area contributed by atoms with E-state index in [0.29, 0.717) is 10.6 Å². The highest BCUT2D eigenvalue weighted by molar-refractivity contribution is 8.04. The van der Waals surface area contributed by atoms with E-state index in [1.54, 1.807) is 26.8 Å². The summed E-state index contributed by atoms with van der Waals surface area (Å²) in [6.45, 7) is 5.17. The number of phenolic OH excluding ortho intramolecular Hbond substituents is 1. The van der Waals surface area contributed by atoms with Gasteiger partial charge in [-0.3, -0.25) is 9.69 Å². The lowest BCUT2D eigenvalue weighted by atomic mass is 9.82. The second-order valence-electron chi connectivity index (χ2n) is 6.76. The third-order valence-corrected chi connectivity index (χ3v) is 6.09. The summed E-state index contributed by atoms with van der Waals surface area (Å²) in [5.74, 6) is -2.81. The monoisotopic (exact) mass is 448 g/mol. The summed E-state index contributed by atoms with van der Waals surface area (Å²) in [4.78, 5) is 40.0. The Morgan fingerprint density at radius 1 is 1.16 bits per heavy atom. The van der Waals surface area contributed by atoms with Crippen molar-refractivity contribution in [1.82, 2.24) is 4.90 Å². The lowest BCUT2D eigenvalue weighted by molar-refractivity contribution is -0.139. The molecule has 3 rings (SSSR count). The van der Waals surface area contributed by atoms with Crippen LogP contribution in [-0.2, 0) is 23.9 Å². The van der Waals surface area contributed by atoms with E-state index in [9.17, 15) is 19.5 Å². The van der Waals surface area contributed by atoms with E-state index >= 15 is 0 Å². The minimum atomic E-state index is -0.982. The van der Waals surface area contributed by atoms with E-state index in [1.165, 1.54) is 35.9 Å². The van der Waals surface area contributed by atoms with Gasteiger partial charge in [0.15, 0.2) is 11.5 Å². The number of hydrogen-bond donors (Lipinski definition) is 2. The number of rotatable bonds is 6. The van der Waals surface area contributed by atoms with Crippen LogP contribution in [0.2, 0.25) is 0 Å². The van der Waals surface area contributed by atoms with Gasteiger partial charge in [-0.1, -0.05) is 17.8 Å². The summed E-state index contributed by atoms with van der Waals surface area (Å²) < 4.78 is 15.7. The summed E-state index contributed by atoms with van der Waals surface area (Å²) in [5.41, 5.74) is 6.82. The first-order chi connectivity index (χ1) is 14.8. The van der Waals surface area contributed by atoms with Crippen LogP contribution in [-0.4, -0.2) is 53.4 Å². The first-order valence-corrected chi connectivity index (χ1v) is 10.6. The number of esters is 2. The van der Waals surface area contributed by atoms with Crippen LogP contribution in [0.5, 0.6) is 11.5 Å². The van der Waals surface area contributed by atoms with Crippen molar-refractivity contribution in [2.45, 2.75) is 31.9 Å². The number of phenols is 1. The summed E-state index contributed by atoms with van der Waals surface area (Å²) in [6.07, 6.45) is 0. The summed E-state index contributed by atoms with van der Waals surface area (Å²) >= 11 is 1.17. The average Bonchev–Trinajstić information content (AvgIpc) is 3.03. The minimum Gasteiger partial charge on any atom is -0.504 e. The maximum absolute atomic E-state index is 13.1. The van der Waals surface area contributed by atoms with Crippen LogP contribution >= 0.6 is 11.8 Å². The Labute approximate surface area is 183 Å². The highest BCUT2D eigenvalue weighted by Crippen LogP contribution is 2.50. The van der Waals surface area contributed by atoms with Gasteiger partial charge in [-0.2, -0.15) is 0 Å². The Kier molecular flexibility index (Phi) is 6.49. The number of methoxy groups -OCH3 is 1. The summed E-state index contributed by atoms with van der Waals surface area (Å²) in [5, 5.41) is 9.82. The van der Waals surface area contributed by atoms with Crippen molar-refractivity contribution < 1.29 is 33.7 Å². The number of ether oxygens (including phenoxy) is 3. The maximum Gasteiger partial charge on any atom is 0.338 e. The topological polar surface area (TPSA) is 128 Å². The Morgan fingerprint density at radius 2 is 1.77 bits per heavy atom. The van der Waals surface area contributed by atoms with Gasteiger partial charge in [-0.25, -0.2) is 9.59 Å². The molecule has 2 heterocycles. The van der Waals surface area contributed by atoms with E-state index < -0.39 is 23.1 Å². The number of thioether (sulfide) groups is 1. The van der Waals surface area contributed by atoms with E-state index in [0.717, 1.165) is 0 Å². The average molecular weight is 448 g/mol. The Hall–Kier alpha value is -3.14. The van der Waals surface area contributed by atoms with E-state index in [-0.39, 0.29) is 47.6 Å². The Balaban J connectivity index is 2.32. The zero-order valence-corrected chi connectivity index (χ0v) is 18.4. The molecule has 166 valence electrons. The van der Waals surface area contributed by atoms with Crippen molar-refractivity contribution in [3.8, 4) is 11.5 Å². The molecule has 0 bridgehead atoms. The van der Waals surface area contributed by atoms with Crippen LogP contribution in [0, 0.1) is 0 Å². The molecule has 2 aliphatic heterocycles.